The summed E-state index contributed by atoms with van der Waals surface area (Å²) in [5.74, 6) is 0. The molecule has 0 saturated carbocycles. The number of hydrogen-bond donors (Lipinski definition) is 2. The molecule has 6 heteroatoms. The monoisotopic (exact) mass is 324 g/mol. The smallest absolute Gasteiger partial charge is 0.315 e. The van der Waals surface area contributed by atoms with Gasteiger partial charge < -0.3 is 15.0 Å². The quantitative estimate of drug-likeness (QED) is 0.908. The molecule has 0 radical (unpaired) electrons. The molecule has 2 amide bonds. The van der Waals surface area contributed by atoms with E-state index < -0.39 is 0 Å². The Morgan fingerprint density at radius 3 is 3.00 bits per heavy atom. The number of urea groups is 1. The topological polar surface area (TPSA) is 58.4 Å². The number of carbonyl (C=O) groups is 1. The van der Waals surface area contributed by atoms with E-state index >= 15 is 0 Å². The zero-order valence-electron chi connectivity index (χ0n) is 11.0. The summed E-state index contributed by atoms with van der Waals surface area (Å²) in [4.78, 5) is 16.0. The standard InChI is InChI=1S/C13H17BrN4O/c1-3-9(2)16-13(19)15-6-11-8-18-7-10(14)4-5-12(18)17-11/h4-5,7-9H,3,6H2,1-2H3,(H2,15,16,19). The van der Waals surface area contributed by atoms with Crippen LogP contribution in [0.15, 0.2) is 29.0 Å². The van der Waals surface area contributed by atoms with Gasteiger partial charge in [-0.05, 0) is 41.4 Å². The molecule has 0 aliphatic heterocycles. The van der Waals surface area contributed by atoms with Gasteiger partial charge in [0.15, 0.2) is 0 Å². The Morgan fingerprint density at radius 2 is 2.26 bits per heavy atom. The van der Waals surface area contributed by atoms with Gasteiger partial charge in [-0.3, -0.25) is 0 Å². The van der Waals surface area contributed by atoms with E-state index in [-0.39, 0.29) is 12.1 Å². The molecule has 19 heavy (non-hydrogen) atoms. The van der Waals surface area contributed by atoms with Gasteiger partial charge in [-0.15, -0.1) is 0 Å². The van der Waals surface area contributed by atoms with E-state index in [0.29, 0.717) is 6.54 Å². The van der Waals surface area contributed by atoms with Crippen LogP contribution in [0.5, 0.6) is 0 Å². The Balaban J connectivity index is 1.96. The molecule has 5 nitrogen and oxygen atoms in total. The van der Waals surface area contributed by atoms with Gasteiger partial charge in [-0.1, -0.05) is 6.92 Å². The first kappa shape index (κ1) is 13.9. The second kappa shape index (κ2) is 6.06. The Hall–Kier alpha value is -1.56. The minimum Gasteiger partial charge on any atom is -0.336 e. The van der Waals surface area contributed by atoms with E-state index in [2.05, 4.69) is 31.5 Å². The minimum absolute atomic E-state index is 0.160. The highest BCUT2D eigenvalue weighted by molar-refractivity contribution is 9.10. The summed E-state index contributed by atoms with van der Waals surface area (Å²) in [5, 5.41) is 5.65. The number of carbonyl (C=O) groups excluding carboxylic acids is 1. The zero-order chi connectivity index (χ0) is 13.8. The maximum atomic E-state index is 11.6. The molecule has 102 valence electrons. The van der Waals surface area contributed by atoms with Crippen LogP contribution in [0.25, 0.3) is 5.65 Å². The Bertz CT molecular complexity index is 581. The third-order valence-electron chi connectivity index (χ3n) is 2.88. The maximum absolute atomic E-state index is 11.6. The van der Waals surface area contributed by atoms with E-state index in [1.807, 2.05) is 42.8 Å². The SMILES string of the molecule is CCC(C)NC(=O)NCc1cn2cc(Br)ccc2n1. The summed E-state index contributed by atoms with van der Waals surface area (Å²) in [6.45, 7) is 4.43. The molecule has 0 saturated heterocycles. The lowest BCUT2D eigenvalue weighted by atomic mass is 10.3. The predicted molar refractivity (Wildman–Crippen MR) is 78.0 cm³/mol. The van der Waals surface area contributed by atoms with Crippen molar-refractivity contribution in [1.29, 1.82) is 0 Å². The van der Waals surface area contributed by atoms with Crippen molar-refractivity contribution in [3.8, 4) is 0 Å². The van der Waals surface area contributed by atoms with E-state index in [9.17, 15) is 4.79 Å². The lowest BCUT2D eigenvalue weighted by Crippen LogP contribution is -2.40. The number of nitrogens with zero attached hydrogens (tertiary/aromatic N) is 2. The first-order valence-corrected chi connectivity index (χ1v) is 7.05. The van der Waals surface area contributed by atoms with Gasteiger partial charge >= 0.3 is 6.03 Å². The fraction of sp³-hybridized carbons (Fsp3) is 0.385. The fourth-order valence-electron chi connectivity index (χ4n) is 1.65. The number of hydrogen-bond acceptors (Lipinski definition) is 2. The molecule has 2 heterocycles. The van der Waals surface area contributed by atoms with Crippen molar-refractivity contribution in [2.24, 2.45) is 0 Å². The van der Waals surface area contributed by atoms with Crippen LogP contribution in [0, 0.1) is 0 Å². The largest absolute Gasteiger partial charge is 0.336 e. The van der Waals surface area contributed by atoms with Gasteiger partial charge in [0, 0.05) is 22.9 Å². The molecule has 0 aliphatic carbocycles. The number of amides is 2. The van der Waals surface area contributed by atoms with Gasteiger partial charge in [0.1, 0.15) is 5.65 Å². The van der Waals surface area contributed by atoms with Crippen LogP contribution >= 0.6 is 15.9 Å². The third-order valence-corrected chi connectivity index (χ3v) is 3.35. The van der Waals surface area contributed by atoms with Gasteiger partial charge in [0.2, 0.25) is 0 Å². The Kier molecular flexibility index (Phi) is 4.42. The molecule has 2 N–H and O–H groups in total. The van der Waals surface area contributed by atoms with Crippen LogP contribution in [-0.2, 0) is 6.54 Å². The normalized spacial score (nSPS) is 12.4. The molecule has 2 rings (SSSR count). The number of rotatable bonds is 4. The highest BCUT2D eigenvalue weighted by Gasteiger charge is 2.06. The van der Waals surface area contributed by atoms with Crippen LogP contribution in [0.4, 0.5) is 4.79 Å². The zero-order valence-corrected chi connectivity index (χ0v) is 12.6. The average molecular weight is 325 g/mol. The number of pyridine rings is 1. The summed E-state index contributed by atoms with van der Waals surface area (Å²) in [5.41, 5.74) is 1.69. The van der Waals surface area contributed by atoms with Crippen LogP contribution in [0.3, 0.4) is 0 Å². The maximum Gasteiger partial charge on any atom is 0.315 e. The van der Waals surface area contributed by atoms with Gasteiger partial charge in [0.25, 0.3) is 0 Å². The van der Waals surface area contributed by atoms with Gasteiger partial charge in [-0.2, -0.15) is 0 Å². The molecule has 0 aliphatic rings. The molecule has 1 unspecified atom stereocenters. The number of nitrogens with one attached hydrogen (secondary N) is 2. The molecular weight excluding hydrogens is 308 g/mol. The van der Waals surface area contributed by atoms with Crippen LogP contribution in [0.2, 0.25) is 0 Å². The summed E-state index contributed by atoms with van der Waals surface area (Å²) < 4.78 is 2.92. The van der Waals surface area contributed by atoms with Gasteiger partial charge in [0.05, 0.1) is 12.2 Å². The molecule has 0 spiro atoms. The molecule has 2 aromatic heterocycles. The van der Waals surface area contributed by atoms with Gasteiger partial charge in [-0.25, -0.2) is 9.78 Å². The highest BCUT2D eigenvalue weighted by Crippen LogP contribution is 2.12. The number of fused-ring (bicyclic) bond motifs is 1. The van der Waals surface area contributed by atoms with Crippen molar-refractivity contribution in [2.45, 2.75) is 32.9 Å². The molecule has 0 aromatic carbocycles. The average Bonchev–Trinajstić information content (AvgIpc) is 2.78. The first-order chi connectivity index (χ1) is 9.08. The van der Waals surface area contributed by atoms with Crippen LogP contribution in [0.1, 0.15) is 26.0 Å². The first-order valence-electron chi connectivity index (χ1n) is 6.26. The summed E-state index contributed by atoms with van der Waals surface area (Å²) in [6, 6.07) is 3.88. The van der Waals surface area contributed by atoms with E-state index in [1.54, 1.807) is 0 Å². The lowest BCUT2D eigenvalue weighted by molar-refractivity contribution is 0.237. The van der Waals surface area contributed by atoms with Crippen molar-refractivity contribution in [1.82, 2.24) is 20.0 Å². The van der Waals surface area contributed by atoms with E-state index in [4.69, 9.17) is 0 Å². The van der Waals surface area contributed by atoms with E-state index in [1.165, 1.54) is 0 Å². The summed E-state index contributed by atoms with van der Waals surface area (Å²) >= 11 is 3.41. The molecular formula is C13H17BrN4O. The van der Waals surface area contributed by atoms with Crippen LogP contribution in [-0.4, -0.2) is 21.5 Å². The van der Waals surface area contributed by atoms with Crippen LogP contribution < -0.4 is 10.6 Å². The molecule has 2 aromatic rings. The van der Waals surface area contributed by atoms with E-state index in [0.717, 1.165) is 22.2 Å². The van der Waals surface area contributed by atoms with Crippen molar-refractivity contribution in [2.75, 3.05) is 0 Å². The Morgan fingerprint density at radius 1 is 1.47 bits per heavy atom. The number of halogens is 1. The second-order valence-corrected chi connectivity index (χ2v) is 5.40. The number of imidazole rings is 1. The van der Waals surface area contributed by atoms with Crippen molar-refractivity contribution in [3.05, 3.63) is 34.7 Å². The lowest BCUT2D eigenvalue weighted by Gasteiger charge is -2.11. The highest BCUT2D eigenvalue weighted by atomic mass is 79.9. The van der Waals surface area contributed by atoms with Crippen molar-refractivity contribution < 1.29 is 4.79 Å². The van der Waals surface area contributed by atoms with Crippen molar-refractivity contribution in [3.63, 3.8) is 0 Å². The third kappa shape index (κ3) is 3.70. The fourth-order valence-corrected chi connectivity index (χ4v) is 2.00. The second-order valence-electron chi connectivity index (χ2n) is 4.48. The summed E-state index contributed by atoms with van der Waals surface area (Å²) in [6.07, 6.45) is 4.75. The molecule has 1 atom stereocenters. The molecule has 0 fully saturated rings. The predicted octanol–water partition coefficient (Wildman–Crippen LogP) is 2.69. The summed E-state index contributed by atoms with van der Waals surface area (Å²) in [7, 11) is 0. The minimum atomic E-state index is -0.160. The molecule has 0 bridgehead atoms. The number of aromatic nitrogens is 2. The Labute approximate surface area is 120 Å². The van der Waals surface area contributed by atoms with Crippen molar-refractivity contribution >= 4 is 27.6 Å².